The molecule has 6 heteroatoms. The average molecular weight is 295 g/mol. The fourth-order valence-electron chi connectivity index (χ4n) is 3.11. The van der Waals surface area contributed by atoms with Gasteiger partial charge in [0.2, 0.25) is 0 Å². The van der Waals surface area contributed by atoms with Gasteiger partial charge in [0, 0.05) is 38.3 Å². The highest BCUT2D eigenvalue weighted by atomic mass is 35.5. The normalized spacial score (nSPS) is 22.7. The Kier molecular flexibility index (Phi) is 3.81. The molecule has 1 unspecified atom stereocenters. The van der Waals surface area contributed by atoms with E-state index in [1.54, 1.807) is 19.2 Å². The van der Waals surface area contributed by atoms with Gasteiger partial charge in [-0.15, -0.1) is 0 Å². The highest BCUT2D eigenvalue weighted by molar-refractivity contribution is 6.29. The molecular formula is C14H19ClN4O. The number of pyridine rings is 1. The lowest BCUT2D eigenvalue weighted by atomic mass is 10.1. The first-order chi connectivity index (χ1) is 9.67. The van der Waals surface area contributed by atoms with Crippen molar-refractivity contribution in [2.45, 2.75) is 18.9 Å². The number of nitrogens with zero attached hydrogens (tertiary/aromatic N) is 3. The van der Waals surface area contributed by atoms with Crippen molar-refractivity contribution in [1.29, 1.82) is 0 Å². The highest BCUT2D eigenvalue weighted by Gasteiger charge is 2.32. The molecule has 2 aliphatic rings. The zero-order valence-corrected chi connectivity index (χ0v) is 12.4. The van der Waals surface area contributed by atoms with Gasteiger partial charge in [0.25, 0.3) is 5.91 Å². The standard InChI is InChI=1S/C14H19ClN4O/c1-16-13-8-10(7-12(15)17-13)14(20)19-6-5-18-4-2-3-11(18)9-19/h7-8,11H,2-6,9H2,1H3,(H,16,17). The van der Waals surface area contributed by atoms with Gasteiger partial charge in [-0.25, -0.2) is 4.98 Å². The van der Waals surface area contributed by atoms with Crippen LogP contribution in [0.15, 0.2) is 12.1 Å². The van der Waals surface area contributed by atoms with Gasteiger partial charge in [-0.2, -0.15) is 0 Å². The van der Waals surface area contributed by atoms with Crippen molar-refractivity contribution in [3.05, 3.63) is 22.8 Å². The molecule has 0 saturated carbocycles. The molecule has 5 nitrogen and oxygen atoms in total. The molecule has 0 bridgehead atoms. The fraction of sp³-hybridized carbons (Fsp3) is 0.571. The van der Waals surface area contributed by atoms with E-state index in [4.69, 9.17) is 11.6 Å². The van der Waals surface area contributed by atoms with Crippen LogP contribution in [0.1, 0.15) is 23.2 Å². The second-order valence-corrected chi connectivity index (χ2v) is 5.78. The molecule has 0 aliphatic carbocycles. The van der Waals surface area contributed by atoms with Crippen LogP contribution < -0.4 is 5.32 Å². The van der Waals surface area contributed by atoms with E-state index in [1.165, 1.54) is 19.4 Å². The summed E-state index contributed by atoms with van der Waals surface area (Å²) in [6.07, 6.45) is 2.44. The summed E-state index contributed by atoms with van der Waals surface area (Å²) in [6.45, 7) is 3.78. The first-order valence-corrected chi connectivity index (χ1v) is 7.44. The van der Waals surface area contributed by atoms with Gasteiger partial charge in [-0.3, -0.25) is 9.69 Å². The monoisotopic (exact) mass is 294 g/mol. The van der Waals surface area contributed by atoms with Crippen molar-refractivity contribution < 1.29 is 4.79 Å². The topological polar surface area (TPSA) is 48.5 Å². The molecular weight excluding hydrogens is 276 g/mol. The van der Waals surface area contributed by atoms with Gasteiger partial charge in [0.1, 0.15) is 11.0 Å². The van der Waals surface area contributed by atoms with Crippen LogP contribution in [0, 0.1) is 0 Å². The molecule has 1 aromatic rings. The maximum atomic E-state index is 12.6. The Morgan fingerprint density at radius 1 is 1.40 bits per heavy atom. The smallest absolute Gasteiger partial charge is 0.254 e. The Labute approximate surface area is 123 Å². The Bertz CT molecular complexity index is 522. The van der Waals surface area contributed by atoms with Gasteiger partial charge < -0.3 is 10.2 Å². The molecule has 1 N–H and O–H groups in total. The molecule has 0 aromatic carbocycles. The van der Waals surface area contributed by atoms with E-state index in [0.29, 0.717) is 22.6 Å². The number of halogens is 1. The van der Waals surface area contributed by atoms with E-state index in [-0.39, 0.29) is 5.91 Å². The van der Waals surface area contributed by atoms with Crippen molar-refractivity contribution in [3.8, 4) is 0 Å². The van der Waals surface area contributed by atoms with Crippen LogP contribution in [0.5, 0.6) is 0 Å². The van der Waals surface area contributed by atoms with E-state index in [9.17, 15) is 4.79 Å². The van der Waals surface area contributed by atoms with E-state index < -0.39 is 0 Å². The quantitative estimate of drug-likeness (QED) is 0.844. The lowest BCUT2D eigenvalue weighted by Gasteiger charge is -2.37. The number of anilines is 1. The molecule has 1 aromatic heterocycles. The van der Waals surface area contributed by atoms with Crippen molar-refractivity contribution in [1.82, 2.24) is 14.8 Å². The number of piperazine rings is 1. The minimum absolute atomic E-state index is 0.0531. The second-order valence-electron chi connectivity index (χ2n) is 5.40. The molecule has 0 radical (unpaired) electrons. The zero-order valence-electron chi connectivity index (χ0n) is 11.6. The minimum Gasteiger partial charge on any atom is -0.373 e. The molecule has 0 spiro atoms. The Morgan fingerprint density at radius 3 is 3.05 bits per heavy atom. The predicted octanol–water partition coefficient (Wildman–Crippen LogP) is 1.70. The van der Waals surface area contributed by atoms with Crippen molar-refractivity contribution >= 4 is 23.3 Å². The van der Waals surface area contributed by atoms with Crippen LogP contribution >= 0.6 is 11.6 Å². The second kappa shape index (κ2) is 5.58. The van der Waals surface area contributed by atoms with Crippen LogP contribution in [-0.2, 0) is 0 Å². The van der Waals surface area contributed by atoms with Gasteiger partial charge in [0.15, 0.2) is 0 Å². The summed E-state index contributed by atoms with van der Waals surface area (Å²) in [5.41, 5.74) is 0.612. The van der Waals surface area contributed by atoms with Crippen LogP contribution in [0.2, 0.25) is 5.15 Å². The van der Waals surface area contributed by atoms with Gasteiger partial charge in [0.05, 0.1) is 0 Å². The summed E-state index contributed by atoms with van der Waals surface area (Å²) in [5, 5.41) is 3.28. The van der Waals surface area contributed by atoms with E-state index >= 15 is 0 Å². The Hall–Kier alpha value is -1.33. The fourth-order valence-corrected chi connectivity index (χ4v) is 3.32. The molecule has 20 heavy (non-hydrogen) atoms. The molecule has 1 atom stereocenters. The minimum atomic E-state index is 0.0531. The lowest BCUT2D eigenvalue weighted by Crippen LogP contribution is -2.52. The first kappa shape index (κ1) is 13.6. The number of amides is 1. The number of aromatic nitrogens is 1. The van der Waals surface area contributed by atoms with Crippen LogP contribution in [0.4, 0.5) is 5.82 Å². The summed E-state index contributed by atoms with van der Waals surface area (Å²) in [6, 6.07) is 3.94. The maximum Gasteiger partial charge on any atom is 0.254 e. The summed E-state index contributed by atoms with van der Waals surface area (Å²) in [4.78, 5) is 21.1. The molecule has 108 valence electrons. The van der Waals surface area contributed by atoms with Crippen molar-refractivity contribution in [2.75, 3.05) is 38.5 Å². The summed E-state index contributed by atoms with van der Waals surface area (Å²) in [7, 11) is 1.77. The number of fused-ring (bicyclic) bond motifs is 1. The number of rotatable bonds is 2. The van der Waals surface area contributed by atoms with Gasteiger partial charge in [-0.05, 0) is 31.5 Å². The Balaban J connectivity index is 1.77. The zero-order chi connectivity index (χ0) is 14.1. The van der Waals surface area contributed by atoms with Crippen molar-refractivity contribution in [2.24, 2.45) is 0 Å². The van der Waals surface area contributed by atoms with Crippen LogP contribution in [0.25, 0.3) is 0 Å². The molecule has 3 heterocycles. The lowest BCUT2D eigenvalue weighted by molar-refractivity contribution is 0.0571. The van der Waals surface area contributed by atoms with E-state index in [2.05, 4.69) is 15.2 Å². The van der Waals surface area contributed by atoms with Gasteiger partial charge in [-0.1, -0.05) is 11.6 Å². The number of nitrogens with one attached hydrogen (secondary N) is 1. The number of carbonyl (C=O) groups is 1. The molecule has 2 saturated heterocycles. The highest BCUT2D eigenvalue weighted by Crippen LogP contribution is 2.23. The molecule has 2 aliphatic heterocycles. The molecule has 2 fully saturated rings. The SMILES string of the molecule is CNc1cc(C(=O)N2CCN3CCCC3C2)cc(Cl)n1. The van der Waals surface area contributed by atoms with E-state index in [0.717, 1.165) is 19.6 Å². The van der Waals surface area contributed by atoms with Crippen LogP contribution in [-0.4, -0.2) is 60.0 Å². The third kappa shape index (κ3) is 2.60. The third-order valence-electron chi connectivity index (χ3n) is 4.17. The van der Waals surface area contributed by atoms with Crippen molar-refractivity contribution in [3.63, 3.8) is 0 Å². The van der Waals surface area contributed by atoms with Gasteiger partial charge >= 0.3 is 0 Å². The van der Waals surface area contributed by atoms with E-state index in [1.807, 2.05) is 4.90 Å². The summed E-state index contributed by atoms with van der Waals surface area (Å²) < 4.78 is 0. The van der Waals surface area contributed by atoms with Crippen LogP contribution in [0.3, 0.4) is 0 Å². The summed E-state index contributed by atoms with van der Waals surface area (Å²) >= 11 is 5.97. The average Bonchev–Trinajstić information content (AvgIpc) is 2.93. The largest absolute Gasteiger partial charge is 0.373 e. The number of hydrogen-bond acceptors (Lipinski definition) is 4. The Morgan fingerprint density at radius 2 is 2.25 bits per heavy atom. The predicted molar refractivity (Wildman–Crippen MR) is 79.3 cm³/mol. The molecule has 1 amide bonds. The number of hydrogen-bond donors (Lipinski definition) is 1. The third-order valence-corrected chi connectivity index (χ3v) is 4.37. The molecule has 3 rings (SSSR count). The first-order valence-electron chi connectivity index (χ1n) is 7.06. The summed E-state index contributed by atoms with van der Waals surface area (Å²) in [5.74, 6) is 0.678. The maximum absolute atomic E-state index is 12.6. The number of carbonyl (C=O) groups excluding carboxylic acids is 1.